The SMILES string of the molecule is CCc1cccc(NC(=O)c2cc3n(n2)C[C@@](C)(C(=O)NC2CCCCC2)N(C)C3=O)c1. The Morgan fingerprint density at radius 1 is 1.19 bits per heavy atom. The van der Waals surface area contributed by atoms with E-state index in [9.17, 15) is 14.4 Å². The second-order valence-electron chi connectivity index (χ2n) is 9.03. The van der Waals surface area contributed by atoms with Crippen molar-refractivity contribution in [2.45, 2.75) is 70.5 Å². The van der Waals surface area contributed by atoms with Crippen LogP contribution >= 0.6 is 0 Å². The molecule has 1 atom stereocenters. The van der Waals surface area contributed by atoms with Crippen molar-refractivity contribution in [3.63, 3.8) is 0 Å². The van der Waals surface area contributed by atoms with Crippen LogP contribution in [0.1, 0.15) is 72.5 Å². The molecule has 8 heteroatoms. The predicted molar refractivity (Wildman–Crippen MR) is 122 cm³/mol. The van der Waals surface area contributed by atoms with Gasteiger partial charge >= 0.3 is 0 Å². The van der Waals surface area contributed by atoms with E-state index in [0.29, 0.717) is 11.4 Å². The normalized spacial score (nSPS) is 21.2. The van der Waals surface area contributed by atoms with Crippen molar-refractivity contribution in [3.05, 3.63) is 47.3 Å². The largest absolute Gasteiger partial charge is 0.351 e. The number of nitrogens with zero attached hydrogens (tertiary/aromatic N) is 3. The van der Waals surface area contributed by atoms with E-state index in [1.54, 1.807) is 14.0 Å². The lowest BCUT2D eigenvalue weighted by Crippen LogP contribution is -2.63. The van der Waals surface area contributed by atoms with Crippen LogP contribution in [0.5, 0.6) is 0 Å². The number of aryl methyl sites for hydroxylation is 1. The number of carbonyl (C=O) groups excluding carboxylic acids is 3. The molecule has 32 heavy (non-hydrogen) atoms. The van der Waals surface area contributed by atoms with Crippen molar-refractivity contribution >= 4 is 23.4 Å². The van der Waals surface area contributed by atoms with Gasteiger partial charge in [0.25, 0.3) is 11.8 Å². The molecule has 0 saturated heterocycles. The Balaban J connectivity index is 1.53. The monoisotopic (exact) mass is 437 g/mol. The number of carbonyl (C=O) groups is 3. The number of fused-ring (bicyclic) bond motifs is 1. The summed E-state index contributed by atoms with van der Waals surface area (Å²) in [5.74, 6) is -0.884. The van der Waals surface area contributed by atoms with Gasteiger partial charge in [-0.15, -0.1) is 0 Å². The second kappa shape index (κ2) is 8.76. The van der Waals surface area contributed by atoms with Crippen LogP contribution in [-0.2, 0) is 17.8 Å². The summed E-state index contributed by atoms with van der Waals surface area (Å²) in [6.07, 6.45) is 6.22. The van der Waals surface area contributed by atoms with Crippen molar-refractivity contribution in [1.29, 1.82) is 0 Å². The van der Waals surface area contributed by atoms with Gasteiger partial charge < -0.3 is 15.5 Å². The lowest BCUT2D eigenvalue weighted by Gasteiger charge is -2.41. The van der Waals surface area contributed by atoms with E-state index in [4.69, 9.17) is 0 Å². The fraction of sp³-hybridized carbons (Fsp3) is 0.500. The van der Waals surface area contributed by atoms with Crippen LogP contribution in [0.4, 0.5) is 5.69 Å². The number of amides is 3. The van der Waals surface area contributed by atoms with Gasteiger partial charge in [0.05, 0.1) is 6.54 Å². The van der Waals surface area contributed by atoms with E-state index < -0.39 is 5.54 Å². The minimum Gasteiger partial charge on any atom is -0.351 e. The fourth-order valence-electron chi connectivity index (χ4n) is 4.49. The van der Waals surface area contributed by atoms with E-state index in [1.165, 1.54) is 22.1 Å². The van der Waals surface area contributed by atoms with Crippen LogP contribution in [0.25, 0.3) is 0 Å². The number of aromatic nitrogens is 2. The molecule has 2 aliphatic rings. The van der Waals surface area contributed by atoms with E-state index in [1.807, 2.05) is 31.2 Å². The van der Waals surface area contributed by atoms with E-state index in [2.05, 4.69) is 15.7 Å². The molecule has 1 aliphatic carbocycles. The Hall–Kier alpha value is -3.16. The summed E-state index contributed by atoms with van der Waals surface area (Å²) in [5, 5.41) is 10.4. The van der Waals surface area contributed by atoms with Crippen molar-refractivity contribution in [2.75, 3.05) is 12.4 Å². The third kappa shape index (κ3) is 4.13. The molecule has 0 radical (unpaired) electrons. The van der Waals surface area contributed by atoms with Crippen molar-refractivity contribution in [1.82, 2.24) is 20.0 Å². The van der Waals surface area contributed by atoms with Gasteiger partial charge in [-0.05, 0) is 43.9 Å². The third-order valence-electron chi connectivity index (χ3n) is 6.76. The quantitative estimate of drug-likeness (QED) is 0.752. The van der Waals surface area contributed by atoms with Gasteiger partial charge in [-0.1, -0.05) is 38.3 Å². The smallest absolute Gasteiger partial charge is 0.276 e. The van der Waals surface area contributed by atoms with Gasteiger partial charge in [0.15, 0.2) is 5.69 Å². The molecule has 2 heterocycles. The van der Waals surface area contributed by atoms with Crippen LogP contribution < -0.4 is 10.6 Å². The van der Waals surface area contributed by atoms with Gasteiger partial charge in [0, 0.05) is 24.8 Å². The maximum absolute atomic E-state index is 13.2. The number of anilines is 1. The molecule has 4 rings (SSSR count). The van der Waals surface area contributed by atoms with Crippen molar-refractivity contribution in [3.8, 4) is 0 Å². The topological polar surface area (TPSA) is 96.3 Å². The Labute approximate surface area is 188 Å². The summed E-state index contributed by atoms with van der Waals surface area (Å²) >= 11 is 0. The molecule has 0 unspecified atom stereocenters. The first-order valence-electron chi connectivity index (χ1n) is 11.4. The third-order valence-corrected chi connectivity index (χ3v) is 6.76. The number of hydrogen-bond donors (Lipinski definition) is 2. The highest BCUT2D eigenvalue weighted by Gasteiger charge is 2.46. The van der Waals surface area contributed by atoms with Gasteiger partial charge in [0.2, 0.25) is 5.91 Å². The van der Waals surface area contributed by atoms with Crippen LogP contribution in [0.3, 0.4) is 0 Å². The summed E-state index contributed by atoms with van der Waals surface area (Å²) in [7, 11) is 1.63. The molecule has 0 spiro atoms. The standard InChI is InChI=1S/C24H31N5O3/c1-4-16-9-8-12-18(13-16)25-21(30)19-14-20-22(31)28(3)24(2,15-29(20)27-19)23(32)26-17-10-6-5-7-11-17/h8-9,12-14,17H,4-7,10-11,15H2,1-3H3,(H,25,30)(H,26,32)/t24-/m0/s1. The van der Waals surface area contributed by atoms with Gasteiger partial charge in [0.1, 0.15) is 11.2 Å². The fourth-order valence-corrected chi connectivity index (χ4v) is 4.49. The first-order valence-corrected chi connectivity index (χ1v) is 11.4. The van der Waals surface area contributed by atoms with E-state index >= 15 is 0 Å². The first kappa shape index (κ1) is 22.0. The number of rotatable bonds is 5. The zero-order valence-electron chi connectivity index (χ0n) is 19.0. The number of nitrogens with one attached hydrogen (secondary N) is 2. The average Bonchev–Trinajstić information content (AvgIpc) is 3.22. The molecular formula is C24H31N5O3. The molecule has 2 N–H and O–H groups in total. The summed E-state index contributed by atoms with van der Waals surface area (Å²) in [6, 6.07) is 9.27. The zero-order valence-corrected chi connectivity index (χ0v) is 19.0. The number of benzene rings is 1. The summed E-state index contributed by atoms with van der Waals surface area (Å²) in [6.45, 7) is 4.00. The Kier molecular flexibility index (Phi) is 6.04. The van der Waals surface area contributed by atoms with Crippen LogP contribution in [-0.4, -0.2) is 51.0 Å². The molecule has 1 fully saturated rings. The van der Waals surface area contributed by atoms with Crippen molar-refractivity contribution in [2.24, 2.45) is 0 Å². The summed E-state index contributed by atoms with van der Waals surface area (Å²) in [4.78, 5) is 40.5. The minimum atomic E-state index is -1.07. The Bertz CT molecular complexity index is 1040. The van der Waals surface area contributed by atoms with E-state index in [-0.39, 0.29) is 36.0 Å². The van der Waals surface area contributed by atoms with Gasteiger partial charge in [-0.25, -0.2) is 0 Å². The highest BCUT2D eigenvalue weighted by Crippen LogP contribution is 2.27. The Morgan fingerprint density at radius 2 is 1.94 bits per heavy atom. The molecule has 1 aromatic carbocycles. The Morgan fingerprint density at radius 3 is 2.66 bits per heavy atom. The van der Waals surface area contributed by atoms with Gasteiger partial charge in [-0.2, -0.15) is 5.10 Å². The zero-order chi connectivity index (χ0) is 22.9. The van der Waals surface area contributed by atoms with E-state index in [0.717, 1.165) is 37.7 Å². The van der Waals surface area contributed by atoms with Crippen LogP contribution in [0.15, 0.2) is 30.3 Å². The maximum Gasteiger partial charge on any atom is 0.276 e. The molecule has 170 valence electrons. The average molecular weight is 438 g/mol. The summed E-state index contributed by atoms with van der Waals surface area (Å²) in [5.41, 5.74) is 1.18. The molecular weight excluding hydrogens is 406 g/mol. The molecule has 2 aromatic rings. The second-order valence-corrected chi connectivity index (χ2v) is 9.03. The molecule has 1 aromatic heterocycles. The highest BCUT2D eigenvalue weighted by molar-refractivity contribution is 6.05. The minimum absolute atomic E-state index is 0.149. The summed E-state index contributed by atoms with van der Waals surface area (Å²) < 4.78 is 1.49. The van der Waals surface area contributed by atoms with Crippen LogP contribution in [0.2, 0.25) is 0 Å². The molecule has 1 saturated carbocycles. The number of hydrogen-bond acceptors (Lipinski definition) is 4. The lowest BCUT2D eigenvalue weighted by molar-refractivity contribution is -0.133. The van der Waals surface area contributed by atoms with Crippen LogP contribution in [0, 0.1) is 0 Å². The first-order chi connectivity index (χ1) is 15.3. The lowest BCUT2D eigenvalue weighted by atomic mass is 9.92. The molecule has 8 nitrogen and oxygen atoms in total. The van der Waals surface area contributed by atoms with Gasteiger partial charge in [-0.3, -0.25) is 19.1 Å². The highest BCUT2D eigenvalue weighted by atomic mass is 16.2. The molecule has 1 aliphatic heterocycles. The molecule has 3 amide bonds. The predicted octanol–water partition coefficient (Wildman–Crippen LogP) is 2.99. The maximum atomic E-state index is 13.2. The molecule has 0 bridgehead atoms. The number of likely N-dealkylation sites (N-methyl/N-ethyl adjacent to an activating group) is 1. The van der Waals surface area contributed by atoms with Crippen molar-refractivity contribution < 1.29 is 14.4 Å².